The number of aromatic amines is 1. The van der Waals surface area contributed by atoms with Gasteiger partial charge in [0, 0.05) is 54.9 Å². The first-order valence-electron chi connectivity index (χ1n) is 8.37. The van der Waals surface area contributed by atoms with Gasteiger partial charge in [0.15, 0.2) is 0 Å². The Hall–Kier alpha value is -1.56. The van der Waals surface area contributed by atoms with Crippen molar-refractivity contribution in [2.24, 2.45) is 11.3 Å². The molecule has 2 fully saturated rings. The molecule has 1 spiro atoms. The van der Waals surface area contributed by atoms with Crippen LogP contribution in [0.3, 0.4) is 0 Å². The molecule has 128 valence electrons. The standard InChI is InChI=1S/C18H21ClN2O3/c19-16-12-3-1-2-4-14(12)20-15(16)10-21-9-13(17(22)23)18(11-21)5-7-24-8-6-18/h1-4,13,20H,5-11H2,(H,22,23). The summed E-state index contributed by atoms with van der Waals surface area (Å²) in [5.41, 5.74) is 1.82. The number of nitrogens with one attached hydrogen (secondary N) is 1. The topological polar surface area (TPSA) is 65.6 Å². The minimum absolute atomic E-state index is 0.164. The summed E-state index contributed by atoms with van der Waals surface area (Å²) in [6.07, 6.45) is 1.64. The van der Waals surface area contributed by atoms with Crippen LogP contribution >= 0.6 is 11.6 Å². The normalized spacial score (nSPS) is 24.0. The number of hydrogen-bond donors (Lipinski definition) is 2. The van der Waals surface area contributed by atoms with Gasteiger partial charge in [0.25, 0.3) is 0 Å². The molecule has 1 atom stereocenters. The Kier molecular flexibility index (Phi) is 4.03. The molecule has 6 heteroatoms. The van der Waals surface area contributed by atoms with E-state index in [0.717, 1.165) is 41.0 Å². The second-order valence-electron chi connectivity index (χ2n) is 7.00. The van der Waals surface area contributed by atoms with E-state index in [2.05, 4.69) is 9.88 Å². The number of H-pyrrole nitrogens is 1. The largest absolute Gasteiger partial charge is 0.481 e. The van der Waals surface area contributed by atoms with Crippen molar-refractivity contribution in [3.63, 3.8) is 0 Å². The summed E-state index contributed by atoms with van der Waals surface area (Å²) in [5, 5.41) is 11.4. The molecule has 2 saturated heterocycles. The number of aliphatic carboxylic acids is 1. The molecule has 2 aliphatic rings. The van der Waals surface area contributed by atoms with Crippen LogP contribution in [0.25, 0.3) is 10.9 Å². The van der Waals surface area contributed by atoms with E-state index in [1.54, 1.807) is 0 Å². The van der Waals surface area contributed by atoms with Crippen LogP contribution in [0.1, 0.15) is 18.5 Å². The number of rotatable bonds is 3. The number of nitrogens with zero attached hydrogens (tertiary/aromatic N) is 1. The Balaban J connectivity index is 1.58. The van der Waals surface area contributed by atoms with Gasteiger partial charge < -0.3 is 14.8 Å². The van der Waals surface area contributed by atoms with E-state index in [1.807, 2.05) is 24.3 Å². The van der Waals surface area contributed by atoms with Crippen molar-refractivity contribution >= 4 is 28.5 Å². The van der Waals surface area contributed by atoms with E-state index in [0.29, 0.717) is 26.3 Å². The molecule has 2 aromatic rings. The summed E-state index contributed by atoms with van der Waals surface area (Å²) in [6.45, 7) is 3.33. The van der Waals surface area contributed by atoms with Gasteiger partial charge >= 0.3 is 5.97 Å². The van der Waals surface area contributed by atoms with Crippen molar-refractivity contribution in [2.45, 2.75) is 19.4 Å². The fourth-order valence-electron chi connectivity index (χ4n) is 4.31. The van der Waals surface area contributed by atoms with Crippen molar-refractivity contribution in [3.8, 4) is 0 Å². The van der Waals surface area contributed by atoms with Crippen LogP contribution in [0.2, 0.25) is 5.02 Å². The average Bonchev–Trinajstić information content (AvgIpc) is 3.08. The second kappa shape index (κ2) is 6.06. The van der Waals surface area contributed by atoms with Crippen LogP contribution in [0.5, 0.6) is 0 Å². The van der Waals surface area contributed by atoms with E-state index in [-0.39, 0.29) is 11.3 Å². The smallest absolute Gasteiger partial charge is 0.308 e. The van der Waals surface area contributed by atoms with Crippen molar-refractivity contribution in [1.82, 2.24) is 9.88 Å². The van der Waals surface area contributed by atoms with Gasteiger partial charge in [-0.2, -0.15) is 0 Å². The van der Waals surface area contributed by atoms with Crippen molar-refractivity contribution in [3.05, 3.63) is 35.0 Å². The second-order valence-corrected chi connectivity index (χ2v) is 7.38. The maximum atomic E-state index is 11.8. The molecule has 1 aromatic heterocycles. The lowest BCUT2D eigenvalue weighted by Crippen LogP contribution is -2.40. The molecule has 0 radical (unpaired) electrons. The number of para-hydroxylation sites is 1. The van der Waals surface area contributed by atoms with Gasteiger partial charge in [-0.3, -0.25) is 9.69 Å². The van der Waals surface area contributed by atoms with Crippen LogP contribution in [-0.4, -0.2) is 47.3 Å². The molecule has 1 aromatic carbocycles. The van der Waals surface area contributed by atoms with E-state index in [4.69, 9.17) is 16.3 Å². The highest BCUT2D eigenvalue weighted by molar-refractivity contribution is 6.36. The van der Waals surface area contributed by atoms with Crippen molar-refractivity contribution < 1.29 is 14.6 Å². The molecule has 3 heterocycles. The maximum Gasteiger partial charge on any atom is 0.308 e. The Labute approximate surface area is 145 Å². The number of ether oxygens (including phenoxy) is 1. The number of halogens is 1. The zero-order valence-corrected chi connectivity index (χ0v) is 14.2. The lowest BCUT2D eigenvalue weighted by molar-refractivity contribution is -0.147. The van der Waals surface area contributed by atoms with Gasteiger partial charge in [-0.25, -0.2) is 0 Å². The van der Waals surface area contributed by atoms with Gasteiger partial charge in [0.2, 0.25) is 0 Å². The lowest BCUT2D eigenvalue weighted by Gasteiger charge is -2.36. The summed E-state index contributed by atoms with van der Waals surface area (Å²) in [5.74, 6) is -1.02. The number of carbonyl (C=O) groups is 1. The first kappa shape index (κ1) is 15.9. The van der Waals surface area contributed by atoms with Gasteiger partial charge in [-0.05, 0) is 18.9 Å². The van der Waals surface area contributed by atoms with E-state index in [9.17, 15) is 9.90 Å². The summed E-state index contributed by atoms with van der Waals surface area (Å²) in [4.78, 5) is 17.4. The molecule has 1 unspecified atom stereocenters. The zero-order valence-electron chi connectivity index (χ0n) is 13.4. The molecule has 5 nitrogen and oxygen atoms in total. The Bertz CT molecular complexity index is 767. The SMILES string of the molecule is O=C(O)C1CN(Cc2[nH]c3ccccc3c2Cl)CC12CCOCC2. The number of benzene rings is 1. The van der Waals surface area contributed by atoms with Crippen LogP contribution in [0.15, 0.2) is 24.3 Å². The predicted octanol–water partition coefficient (Wildman–Crippen LogP) is 3.13. The highest BCUT2D eigenvalue weighted by Crippen LogP contribution is 2.45. The molecule has 0 bridgehead atoms. The molecule has 0 aliphatic carbocycles. The van der Waals surface area contributed by atoms with Crippen LogP contribution in [-0.2, 0) is 16.1 Å². The number of carboxylic acid groups (broad SMARTS) is 1. The lowest BCUT2D eigenvalue weighted by atomic mass is 9.72. The molecule has 2 aliphatic heterocycles. The highest BCUT2D eigenvalue weighted by atomic mass is 35.5. The Morgan fingerprint density at radius 3 is 2.83 bits per heavy atom. The van der Waals surface area contributed by atoms with Gasteiger partial charge in [-0.15, -0.1) is 0 Å². The monoisotopic (exact) mass is 348 g/mol. The minimum atomic E-state index is -0.692. The first-order valence-corrected chi connectivity index (χ1v) is 8.75. The molecule has 0 amide bonds. The van der Waals surface area contributed by atoms with E-state index in [1.165, 1.54) is 0 Å². The first-order chi connectivity index (χ1) is 11.6. The quantitative estimate of drug-likeness (QED) is 0.894. The van der Waals surface area contributed by atoms with Gasteiger partial charge in [0.05, 0.1) is 10.9 Å². The number of likely N-dealkylation sites (tertiary alicyclic amines) is 1. The molecule has 24 heavy (non-hydrogen) atoms. The van der Waals surface area contributed by atoms with E-state index >= 15 is 0 Å². The molecular weight excluding hydrogens is 328 g/mol. The third-order valence-electron chi connectivity index (χ3n) is 5.60. The fourth-order valence-corrected chi connectivity index (χ4v) is 4.58. The maximum absolute atomic E-state index is 11.8. The van der Waals surface area contributed by atoms with Gasteiger partial charge in [0.1, 0.15) is 0 Å². The summed E-state index contributed by atoms with van der Waals surface area (Å²) >= 11 is 6.52. The van der Waals surface area contributed by atoms with E-state index < -0.39 is 5.97 Å². The van der Waals surface area contributed by atoms with Crippen LogP contribution in [0, 0.1) is 11.3 Å². The van der Waals surface area contributed by atoms with Gasteiger partial charge in [-0.1, -0.05) is 29.8 Å². The van der Waals surface area contributed by atoms with Crippen LogP contribution < -0.4 is 0 Å². The molecule has 2 N–H and O–H groups in total. The molecular formula is C18H21ClN2O3. The number of carboxylic acids is 1. The Morgan fingerprint density at radius 1 is 1.38 bits per heavy atom. The third kappa shape index (κ3) is 2.61. The zero-order chi connectivity index (χ0) is 16.7. The molecule has 0 saturated carbocycles. The number of aromatic nitrogens is 1. The predicted molar refractivity (Wildman–Crippen MR) is 92.2 cm³/mol. The fraction of sp³-hybridized carbons (Fsp3) is 0.500. The third-order valence-corrected chi connectivity index (χ3v) is 6.03. The van der Waals surface area contributed by atoms with Crippen molar-refractivity contribution in [2.75, 3.05) is 26.3 Å². The summed E-state index contributed by atoms with van der Waals surface area (Å²) < 4.78 is 5.46. The number of fused-ring (bicyclic) bond motifs is 1. The van der Waals surface area contributed by atoms with Crippen LogP contribution in [0.4, 0.5) is 0 Å². The summed E-state index contributed by atoms with van der Waals surface area (Å²) in [6, 6.07) is 7.96. The summed E-state index contributed by atoms with van der Waals surface area (Å²) in [7, 11) is 0. The average molecular weight is 349 g/mol. The molecule has 4 rings (SSSR count). The minimum Gasteiger partial charge on any atom is -0.481 e. The van der Waals surface area contributed by atoms with Crippen molar-refractivity contribution in [1.29, 1.82) is 0 Å². The highest BCUT2D eigenvalue weighted by Gasteiger charge is 2.50. The number of hydrogen-bond acceptors (Lipinski definition) is 3. The Morgan fingerprint density at radius 2 is 2.12 bits per heavy atom.